The lowest BCUT2D eigenvalue weighted by molar-refractivity contribution is 0.831. The van der Waals surface area contributed by atoms with E-state index in [-0.39, 0.29) is 24.8 Å². The molecule has 0 radical (unpaired) electrons. The fraction of sp³-hybridized carbons (Fsp3) is 0.625. The number of nitrogens with zero attached hydrogens (tertiary/aromatic N) is 1. The average molecular weight is 243 g/mol. The van der Waals surface area contributed by atoms with E-state index in [0.717, 1.165) is 12.1 Å². The molecule has 1 aromatic rings. The molecule has 0 aliphatic rings. The third-order valence-electron chi connectivity index (χ3n) is 1.46. The zero-order valence-corrected chi connectivity index (χ0v) is 10.3. The van der Waals surface area contributed by atoms with Crippen molar-refractivity contribution < 1.29 is 0 Å². The van der Waals surface area contributed by atoms with Crippen molar-refractivity contribution in [3.63, 3.8) is 0 Å². The van der Waals surface area contributed by atoms with Crippen LogP contribution in [0.4, 0.5) is 0 Å². The summed E-state index contributed by atoms with van der Waals surface area (Å²) in [6, 6.07) is 0. The minimum Gasteiger partial charge on any atom is -0.330 e. The molecule has 2 N–H and O–H groups in total. The maximum atomic E-state index is 5.41. The van der Waals surface area contributed by atoms with E-state index in [1.54, 1.807) is 11.3 Å². The van der Waals surface area contributed by atoms with E-state index in [4.69, 9.17) is 5.73 Å². The van der Waals surface area contributed by atoms with Crippen molar-refractivity contribution in [3.05, 3.63) is 16.1 Å². The summed E-state index contributed by atoms with van der Waals surface area (Å²) in [7, 11) is 0. The van der Waals surface area contributed by atoms with Crippen LogP contribution < -0.4 is 5.73 Å². The minimum atomic E-state index is 0. The van der Waals surface area contributed by atoms with Crippen molar-refractivity contribution in [1.82, 2.24) is 4.98 Å². The Balaban J connectivity index is 0. The number of hydrogen-bond acceptors (Lipinski definition) is 3. The molecular formula is C8H16Cl2N2S. The number of hydrogen-bond donors (Lipinski definition) is 1. The first-order chi connectivity index (χ1) is 5.24. The topological polar surface area (TPSA) is 38.9 Å². The summed E-state index contributed by atoms with van der Waals surface area (Å²) in [6.45, 7) is 5.01. The molecule has 0 saturated heterocycles. The van der Waals surface area contributed by atoms with E-state index in [1.807, 2.05) is 0 Å². The highest BCUT2D eigenvalue weighted by atomic mass is 35.5. The molecule has 0 aromatic carbocycles. The molecule has 78 valence electrons. The molecule has 0 aliphatic heterocycles. The predicted molar refractivity (Wildman–Crippen MR) is 63.5 cm³/mol. The van der Waals surface area contributed by atoms with Gasteiger partial charge in [-0.2, -0.15) is 0 Å². The number of nitrogens with two attached hydrogens (primary N) is 1. The lowest BCUT2D eigenvalue weighted by Gasteiger charge is -1.95. The molecular weight excluding hydrogens is 227 g/mol. The highest BCUT2D eigenvalue weighted by Gasteiger charge is 2.04. The summed E-state index contributed by atoms with van der Waals surface area (Å²) in [5.74, 6) is 0.548. The summed E-state index contributed by atoms with van der Waals surface area (Å²) in [5, 5.41) is 3.32. The van der Waals surface area contributed by atoms with Crippen molar-refractivity contribution in [2.24, 2.45) is 5.73 Å². The Bertz CT molecular complexity index is 226. The first-order valence-electron chi connectivity index (χ1n) is 3.88. The third kappa shape index (κ3) is 4.81. The van der Waals surface area contributed by atoms with Gasteiger partial charge in [0.25, 0.3) is 0 Å². The Hall–Kier alpha value is 0.170. The molecule has 2 nitrogen and oxygen atoms in total. The van der Waals surface area contributed by atoms with Gasteiger partial charge in [-0.1, -0.05) is 13.8 Å². The summed E-state index contributed by atoms with van der Waals surface area (Å²) < 4.78 is 0. The number of thiazole rings is 1. The largest absolute Gasteiger partial charge is 0.330 e. The number of aromatic nitrogens is 1. The van der Waals surface area contributed by atoms with Crippen LogP contribution in [0, 0.1) is 0 Å². The van der Waals surface area contributed by atoms with Gasteiger partial charge in [-0.25, -0.2) is 4.98 Å². The molecule has 13 heavy (non-hydrogen) atoms. The van der Waals surface area contributed by atoms with Gasteiger partial charge in [0.05, 0.1) is 10.7 Å². The predicted octanol–water partition coefficient (Wildman–Crippen LogP) is 2.61. The van der Waals surface area contributed by atoms with E-state index >= 15 is 0 Å². The monoisotopic (exact) mass is 242 g/mol. The van der Waals surface area contributed by atoms with Crippen LogP contribution in [0.25, 0.3) is 0 Å². The minimum absolute atomic E-state index is 0. The molecule has 5 heteroatoms. The first kappa shape index (κ1) is 15.6. The SMILES string of the molecule is CC(C)c1nc(CCN)cs1.Cl.Cl. The summed E-state index contributed by atoms with van der Waals surface area (Å²) >= 11 is 1.73. The van der Waals surface area contributed by atoms with E-state index in [1.165, 1.54) is 5.01 Å². The zero-order valence-electron chi connectivity index (χ0n) is 7.82. The summed E-state index contributed by atoms with van der Waals surface area (Å²) in [4.78, 5) is 4.44. The van der Waals surface area contributed by atoms with Crippen LogP contribution in [0.15, 0.2) is 5.38 Å². The molecule has 1 aromatic heterocycles. The van der Waals surface area contributed by atoms with Crippen molar-refractivity contribution in [2.75, 3.05) is 6.54 Å². The van der Waals surface area contributed by atoms with Crippen LogP contribution in [0.2, 0.25) is 0 Å². The zero-order chi connectivity index (χ0) is 8.27. The van der Waals surface area contributed by atoms with Crippen molar-refractivity contribution in [1.29, 1.82) is 0 Å². The second-order valence-electron chi connectivity index (χ2n) is 2.87. The van der Waals surface area contributed by atoms with Crippen LogP contribution in [0.5, 0.6) is 0 Å². The molecule has 0 aliphatic carbocycles. The van der Waals surface area contributed by atoms with Crippen LogP contribution in [0.3, 0.4) is 0 Å². The fourth-order valence-corrected chi connectivity index (χ4v) is 1.72. The standard InChI is InChI=1S/C8H14N2S.2ClH/c1-6(2)8-10-7(3-4-9)5-11-8;;/h5-6H,3-4,9H2,1-2H3;2*1H. The van der Waals surface area contributed by atoms with Crippen molar-refractivity contribution in [2.45, 2.75) is 26.2 Å². The van der Waals surface area contributed by atoms with Gasteiger partial charge >= 0.3 is 0 Å². The molecule has 1 heterocycles. The van der Waals surface area contributed by atoms with Crippen molar-refractivity contribution in [3.8, 4) is 0 Å². The van der Waals surface area contributed by atoms with Crippen LogP contribution in [-0.4, -0.2) is 11.5 Å². The maximum Gasteiger partial charge on any atom is 0.0953 e. The molecule has 0 amide bonds. The highest BCUT2D eigenvalue weighted by Crippen LogP contribution is 2.18. The fourth-order valence-electron chi connectivity index (χ4n) is 0.851. The van der Waals surface area contributed by atoms with Crippen LogP contribution in [-0.2, 0) is 6.42 Å². The molecule has 0 atom stereocenters. The second kappa shape index (κ2) is 7.56. The Morgan fingerprint density at radius 2 is 2.08 bits per heavy atom. The second-order valence-corrected chi connectivity index (χ2v) is 3.76. The van der Waals surface area contributed by atoms with E-state index in [0.29, 0.717) is 12.5 Å². The van der Waals surface area contributed by atoms with Gasteiger partial charge < -0.3 is 5.73 Å². The maximum absolute atomic E-state index is 5.41. The van der Waals surface area contributed by atoms with E-state index in [9.17, 15) is 0 Å². The molecule has 0 saturated carbocycles. The Kier molecular flexibility index (Phi) is 9.09. The van der Waals surface area contributed by atoms with Gasteiger partial charge in [-0.05, 0) is 6.54 Å². The third-order valence-corrected chi connectivity index (χ3v) is 2.66. The van der Waals surface area contributed by atoms with Gasteiger partial charge in [0.2, 0.25) is 0 Å². The number of rotatable bonds is 3. The van der Waals surface area contributed by atoms with Gasteiger partial charge in [-0.15, -0.1) is 36.2 Å². The quantitative estimate of drug-likeness (QED) is 0.886. The summed E-state index contributed by atoms with van der Waals surface area (Å²) in [6.07, 6.45) is 0.906. The summed E-state index contributed by atoms with van der Waals surface area (Å²) in [5.41, 5.74) is 6.55. The van der Waals surface area contributed by atoms with E-state index < -0.39 is 0 Å². The Labute approximate surface area is 95.8 Å². The lowest BCUT2D eigenvalue weighted by Crippen LogP contribution is -2.02. The molecule has 1 rings (SSSR count). The van der Waals surface area contributed by atoms with Crippen LogP contribution >= 0.6 is 36.2 Å². The van der Waals surface area contributed by atoms with E-state index in [2.05, 4.69) is 24.2 Å². The van der Waals surface area contributed by atoms with Gasteiger partial charge in [0.15, 0.2) is 0 Å². The smallest absolute Gasteiger partial charge is 0.0953 e. The van der Waals surface area contributed by atoms with Gasteiger partial charge in [-0.3, -0.25) is 0 Å². The lowest BCUT2D eigenvalue weighted by atomic mass is 10.2. The molecule has 0 fully saturated rings. The van der Waals surface area contributed by atoms with Gasteiger partial charge in [0, 0.05) is 17.7 Å². The number of halogens is 2. The molecule has 0 bridgehead atoms. The molecule has 0 spiro atoms. The molecule has 0 unspecified atom stereocenters. The Morgan fingerprint density at radius 1 is 1.46 bits per heavy atom. The first-order valence-corrected chi connectivity index (χ1v) is 4.76. The highest BCUT2D eigenvalue weighted by molar-refractivity contribution is 7.09. The normalized spacial score (nSPS) is 9.23. The Morgan fingerprint density at radius 3 is 2.46 bits per heavy atom. The van der Waals surface area contributed by atoms with Crippen molar-refractivity contribution >= 4 is 36.2 Å². The van der Waals surface area contributed by atoms with Gasteiger partial charge in [0.1, 0.15) is 0 Å². The van der Waals surface area contributed by atoms with Crippen LogP contribution in [0.1, 0.15) is 30.5 Å². The average Bonchev–Trinajstić information content (AvgIpc) is 2.37.